The van der Waals surface area contributed by atoms with Crippen LogP contribution >= 0.6 is 0 Å². The molecule has 2 unspecified atom stereocenters. The van der Waals surface area contributed by atoms with Crippen LogP contribution in [0.1, 0.15) is 26.2 Å². The van der Waals surface area contributed by atoms with Gasteiger partial charge in [-0.25, -0.2) is 4.79 Å². The number of hydrogen-bond acceptors (Lipinski definition) is 3. The van der Waals surface area contributed by atoms with Crippen molar-refractivity contribution in [2.24, 2.45) is 5.73 Å². The van der Waals surface area contributed by atoms with Gasteiger partial charge in [0.05, 0.1) is 6.10 Å². The largest absolute Gasteiger partial charge is 0.381 e. The minimum absolute atomic E-state index is 0.00635. The van der Waals surface area contributed by atoms with Gasteiger partial charge >= 0.3 is 6.03 Å². The van der Waals surface area contributed by atoms with Crippen LogP contribution in [0.2, 0.25) is 0 Å². The molecule has 2 atom stereocenters. The van der Waals surface area contributed by atoms with Crippen LogP contribution in [0.3, 0.4) is 0 Å². The van der Waals surface area contributed by atoms with Crippen molar-refractivity contribution < 1.29 is 9.53 Å². The zero-order valence-electron chi connectivity index (χ0n) is 10.2. The summed E-state index contributed by atoms with van der Waals surface area (Å²) in [6.07, 6.45) is 2.93. The number of rotatable bonds is 4. The van der Waals surface area contributed by atoms with Crippen molar-refractivity contribution >= 4 is 6.03 Å². The third-order valence-electron chi connectivity index (χ3n) is 3.06. The van der Waals surface area contributed by atoms with Gasteiger partial charge in [-0.2, -0.15) is 0 Å². The van der Waals surface area contributed by atoms with Crippen LogP contribution in [0.4, 0.5) is 4.79 Å². The highest BCUT2D eigenvalue weighted by Gasteiger charge is 2.30. The summed E-state index contributed by atoms with van der Waals surface area (Å²) in [4.78, 5) is 13.7. The number of urea groups is 1. The Morgan fingerprint density at radius 2 is 2.38 bits per heavy atom. The molecule has 1 heterocycles. The lowest BCUT2D eigenvalue weighted by Gasteiger charge is -2.38. The second kappa shape index (κ2) is 6.70. The third-order valence-corrected chi connectivity index (χ3v) is 3.06. The molecule has 0 aromatic heterocycles. The number of nitrogens with two attached hydrogens (primary N) is 1. The molecule has 5 heteroatoms. The fraction of sp³-hybridized carbons (Fsp3) is 0.909. The molecule has 16 heavy (non-hydrogen) atoms. The molecule has 0 saturated carbocycles. The molecule has 0 bridgehead atoms. The SMILES string of the molecule is CCCNC(=O)N1CCC(OC)CC1CN. The summed E-state index contributed by atoms with van der Waals surface area (Å²) in [6.45, 7) is 3.99. The molecule has 1 aliphatic rings. The van der Waals surface area contributed by atoms with Crippen molar-refractivity contribution in [3.8, 4) is 0 Å². The van der Waals surface area contributed by atoms with E-state index in [1.807, 2.05) is 11.8 Å². The second-order valence-electron chi connectivity index (χ2n) is 4.20. The van der Waals surface area contributed by atoms with Crippen molar-refractivity contribution in [1.29, 1.82) is 0 Å². The summed E-state index contributed by atoms with van der Waals surface area (Å²) in [5.41, 5.74) is 5.70. The van der Waals surface area contributed by atoms with Gasteiger partial charge in [-0.1, -0.05) is 6.92 Å². The van der Waals surface area contributed by atoms with Crippen molar-refractivity contribution in [3.63, 3.8) is 0 Å². The molecular weight excluding hydrogens is 206 g/mol. The number of nitrogens with zero attached hydrogens (tertiary/aromatic N) is 1. The van der Waals surface area contributed by atoms with E-state index in [9.17, 15) is 4.79 Å². The summed E-state index contributed by atoms with van der Waals surface area (Å²) in [5.74, 6) is 0. The van der Waals surface area contributed by atoms with Crippen molar-refractivity contribution in [2.45, 2.75) is 38.3 Å². The zero-order valence-corrected chi connectivity index (χ0v) is 10.2. The molecule has 1 fully saturated rings. The number of methoxy groups -OCH3 is 1. The van der Waals surface area contributed by atoms with E-state index in [2.05, 4.69) is 5.32 Å². The van der Waals surface area contributed by atoms with E-state index in [0.717, 1.165) is 32.4 Å². The van der Waals surface area contributed by atoms with Crippen LogP contribution < -0.4 is 11.1 Å². The van der Waals surface area contributed by atoms with E-state index in [0.29, 0.717) is 6.54 Å². The van der Waals surface area contributed by atoms with Gasteiger partial charge in [-0.3, -0.25) is 0 Å². The van der Waals surface area contributed by atoms with Gasteiger partial charge in [-0.15, -0.1) is 0 Å². The molecular formula is C11H23N3O2. The quantitative estimate of drug-likeness (QED) is 0.739. The molecule has 2 amide bonds. The molecule has 1 rings (SSSR count). The summed E-state index contributed by atoms with van der Waals surface area (Å²) in [7, 11) is 1.71. The Morgan fingerprint density at radius 3 is 2.94 bits per heavy atom. The zero-order chi connectivity index (χ0) is 12.0. The minimum atomic E-state index is 0.00635. The Kier molecular flexibility index (Phi) is 5.55. The van der Waals surface area contributed by atoms with Crippen LogP contribution in [0.5, 0.6) is 0 Å². The highest BCUT2D eigenvalue weighted by atomic mass is 16.5. The number of likely N-dealkylation sites (tertiary alicyclic amines) is 1. The van der Waals surface area contributed by atoms with E-state index in [-0.39, 0.29) is 18.2 Å². The van der Waals surface area contributed by atoms with E-state index in [4.69, 9.17) is 10.5 Å². The topological polar surface area (TPSA) is 67.6 Å². The second-order valence-corrected chi connectivity index (χ2v) is 4.20. The van der Waals surface area contributed by atoms with Crippen LogP contribution in [0.15, 0.2) is 0 Å². The van der Waals surface area contributed by atoms with Gasteiger partial charge in [0.2, 0.25) is 0 Å². The molecule has 0 spiro atoms. The first-order valence-electron chi connectivity index (χ1n) is 6.00. The Labute approximate surface area is 97.3 Å². The fourth-order valence-corrected chi connectivity index (χ4v) is 2.05. The molecule has 0 aromatic rings. The maximum Gasteiger partial charge on any atom is 0.317 e. The van der Waals surface area contributed by atoms with Crippen LogP contribution in [0.25, 0.3) is 0 Å². The number of carbonyl (C=O) groups excluding carboxylic acids is 1. The smallest absolute Gasteiger partial charge is 0.317 e. The van der Waals surface area contributed by atoms with Crippen molar-refractivity contribution in [2.75, 3.05) is 26.7 Å². The monoisotopic (exact) mass is 229 g/mol. The lowest BCUT2D eigenvalue weighted by atomic mass is 10.00. The first-order valence-corrected chi connectivity index (χ1v) is 6.00. The first-order chi connectivity index (χ1) is 7.72. The van der Waals surface area contributed by atoms with Gasteiger partial charge in [0.15, 0.2) is 0 Å². The summed E-state index contributed by atoms with van der Waals surface area (Å²) in [6, 6.07) is 0.113. The molecule has 0 aromatic carbocycles. The minimum Gasteiger partial charge on any atom is -0.381 e. The number of piperidine rings is 1. The highest BCUT2D eigenvalue weighted by Crippen LogP contribution is 2.18. The average molecular weight is 229 g/mol. The normalized spacial score (nSPS) is 25.6. The molecule has 1 aliphatic heterocycles. The number of hydrogen-bond donors (Lipinski definition) is 2. The Morgan fingerprint density at radius 1 is 1.62 bits per heavy atom. The predicted octanol–water partition coefficient (Wildman–Crippen LogP) is 0.544. The van der Waals surface area contributed by atoms with Crippen molar-refractivity contribution in [1.82, 2.24) is 10.2 Å². The fourth-order valence-electron chi connectivity index (χ4n) is 2.05. The maximum atomic E-state index is 11.8. The Balaban J connectivity index is 2.49. The summed E-state index contributed by atoms with van der Waals surface area (Å²) < 4.78 is 5.32. The number of amides is 2. The van der Waals surface area contributed by atoms with Gasteiger partial charge in [0, 0.05) is 32.8 Å². The maximum absolute atomic E-state index is 11.8. The van der Waals surface area contributed by atoms with Crippen LogP contribution in [0, 0.1) is 0 Å². The lowest BCUT2D eigenvalue weighted by molar-refractivity contribution is 0.0270. The molecule has 0 radical (unpaired) electrons. The first kappa shape index (κ1) is 13.3. The van der Waals surface area contributed by atoms with E-state index < -0.39 is 0 Å². The van der Waals surface area contributed by atoms with Crippen LogP contribution in [-0.4, -0.2) is 49.8 Å². The van der Waals surface area contributed by atoms with Gasteiger partial charge < -0.3 is 20.7 Å². The predicted molar refractivity (Wildman–Crippen MR) is 63.3 cm³/mol. The number of ether oxygens (including phenoxy) is 1. The molecule has 0 aliphatic carbocycles. The number of nitrogens with one attached hydrogen (secondary N) is 1. The third kappa shape index (κ3) is 3.35. The molecule has 1 saturated heterocycles. The summed E-state index contributed by atoms with van der Waals surface area (Å²) in [5, 5.41) is 2.89. The molecule has 5 nitrogen and oxygen atoms in total. The number of carbonyl (C=O) groups is 1. The van der Waals surface area contributed by atoms with E-state index in [1.54, 1.807) is 7.11 Å². The Hall–Kier alpha value is -0.810. The average Bonchev–Trinajstić information content (AvgIpc) is 2.34. The standard InChI is InChI=1S/C11H23N3O2/c1-3-5-13-11(15)14-6-4-10(16-2)7-9(14)8-12/h9-10H,3-8,12H2,1-2H3,(H,13,15). The van der Waals surface area contributed by atoms with Crippen molar-refractivity contribution in [3.05, 3.63) is 0 Å². The van der Waals surface area contributed by atoms with Gasteiger partial charge in [0.25, 0.3) is 0 Å². The van der Waals surface area contributed by atoms with E-state index in [1.165, 1.54) is 0 Å². The Bertz CT molecular complexity index is 223. The van der Waals surface area contributed by atoms with Crippen LogP contribution in [-0.2, 0) is 4.74 Å². The molecule has 94 valence electrons. The summed E-state index contributed by atoms with van der Waals surface area (Å²) >= 11 is 0. The van der Waals surface area contributed by atoms with Gasteiger partial charge in [-0.05, 0) is 19.3 Å². The lowest BCUT2D eigenvalue weighted by Crippen LogP contribution is -2.54. The van der Waals surface area contributed by atoms with Gasteiger partial charge in [0.1, 0.15) is 0 Å². The molecule has 3 N–H and O–H groups in total. The highest BCUT2D eigenvalue weighted by molar-refractivity contribution is 5.74. The van der Waals surface area contributed by atoms with E-state index >= 15 is 0 Å².